The van der Waals surface area contributed by atoms with E-state index in [2.05, 4.69) is 5.32 Å². The lowest BCUT2D eigenvalue weighted by molar-refractivity contribution is -0.126. The molecule has 3 heteroatoms. The zero-order chi connectivity index (χ0) is 9.56. The van der Waals surface area contributed by atoms with Crippen molar-refractivity contribution in [2.75, 3.05) is 6.61 Å². The molecule has 0 spiro atoms. The first-order valence-corrected chi connectivity index (χ1v) is 4.56. The van der Waals surface area contributed by atoms with E-state index in [0.717, 1.165) is 12.8 Å². The van der Waals surface area contributed by atoms with Crippen molar-refractivity contribution in [3.05, 3.63) is 0 Å². The molecule has 0 saturated heterocycles. The van der Waals surface area contributed by atoms with Gasteiger partial charge >= 0.3 is 0 Å². The van der Waals surface area contributed by atoms with E-state index in [1.165, 1.54) is 0 Å². The summed E-state index contributed by atoms with van der Waals surface area (Å²) >= 11 is 0. The molecule has 12 heavy (non-hydrogen) atoms. The zero-order valence-electron chi connectivity index (χ0n) is 8.13. The van der Waals surface area contributed by atoms with Crippen LogP contribution in [0.1, 0.15) is 33.6 Å². The molecule has 0 bridgehead atoms. The van der Waals surface area contributed by atoms with Crippen LogP contribution in [-0.4, -0.2) is 23.7 Å². The highest BCUT2D eigenvalue weighted by Gasteiger charge is 2.15. The molecule has 0 radical (unpaired) electrons. The van der Waals surface area contributed by atoms with E-state index >= 15 is 0 Å². The normalized spacial score (nSPS) is 13.1. The van der Waals surface area contributed by atoms with Crippen molar-refractivity contribution < 1.29 is 9.90 Å². The summed E-state index contributed by atoms with van der Waals surface area (Å²) < 4.78 is 0. The first kappa shape index (κ1) is 11.4. The van der Waals surface area contributed by atoms with Gasteiger partial charge in [-0.2, -0.15) is 0 Å². The van der Waals surface area contributed by atoms with Crippen molar-refractivity contribution in [3.63, 3.8) is 0 Å². The second-order valence-corrected chi connectivity index (χ2v) is 3.11. The van der Waals surface area contributed by atoms with Gasteiger partial charge in [-0.05, 0) is 19.8 Å². The Balaban J connectivity index is 3.84. The molecule has 1 amide bonds. The van der Waals surface area contributed by atoms with Crippen LogP contribution in [0.15, 0.2) is 0 Å². The van der Waals surface area contributed by atoms with Gasteiger partial charge in [0.05, 0.1) is 6.61 Å². The molecule has 1 atom stereocenters. The van der Waals surface area contributed by atoms with Crippen molar-refractivity contribution in [1.29, 1.82) is 0 Å². The van der Waals surface area contributed by atoms with E-state index in [4.69, 9.17) is 5.11 Å². The van der Waals surface area contributed by atoms with E-state index in [1.807, 2.05) is 13.8 Å². The second-order valence-electron chi connectivity index (χ2n) is 3.11. The van der Waals surface area contributed by atoms with Gasteiger partial charge in [-0.25, -0.2) is 0 Å². The summed E-state index contributed by atoms with van der Waals surface area (Å²) in [5.74, 6) is 0.153. The van der Waals surface area contributed by atoms with Gasteiger partial charge < -0.3 is 10.4 Å². The van der Waals surface area contributed by atoms with Crippen LogP contribution in [0.5, 0.6) is 0 Å². The van der Waals surface area contributed by atoms with Crippen LogP contribution in [0.4, 0.5) is 0 Å². The Bertz CT molecular complexity index is 132. The maximum absolute atomic E-state index is 11.4. The van der Waals surface area contributed by atoms with E-state index < -0.39 is 0 Å². The Morgan fingerprint density at radius 1 is 1.42 bits per heavy atom. The van der Waals surface area contributed by atoms with Crippen LogP contribution >= 0.6 is 0 Å². The molecule has 0 aliphatic carbocycles. The minimum Gasteiger partial charge on any atom is -0.394 e. The third-order valence-electron chi connectivity index (χ3n) is 2.02. The molecule has 3 nitrogen and oxygen atoms in total. The average molecular weight is 173 g/mol. The maximum atomic E-state index is 11.4. The minimum absolute atomic E-state index is 0.00584. The molecule has 72 valence electrons. The number of carbonyl (C=O) groups excluding carboxylic acids is 1. The van der Waals surface area contributed by atoms with Crippen molar-refractivity contribution in [2.45, 2.75) is 39.7 Å². The number of aliphatic hydroxyl groups excluding tert-OH is 1. The molecule has 0 heterocycles. The summed E-state index contributed by atoms with van der Waals surface area (Å²) in [7, 11) is 0. The van der Waals surface area contributed by atoms with E-state index in [9.17, 15) is 4.79 Å². The quantitative estimate of drug-likeness (QED) is 0.649. The third kappa shape index (κ3) is 3.72. The summed E-state index contributed by atoms with van der Waals surface area (Å²) in [6.07, 6.45) is 1.72. The van der Waals surface area contributed by atoms with Crippen LogP contribution in [0, 0.1) is 5.92 Å². The fraction of sp³-hybridized carbons (Fsp3) is 0.889. The number of hydrogen-bond acceptors (Lipinski definition) is 2. The van der Waals surface area contributed by atoms with Crippen molar-refractivity contribution in [1.82, 2.24) is 5.32 Å². The maximum Gasteiger partial charge on any atom is 0.223 e. The number of aliphatic hydroxyl groups is 1. The predicted octanol–water partition coefficient (Wildman–Crippen LogP) is 0.920. The Morgan fingerprint density at radius 3 is 2.25 bits per heavy atom. The van der Waals surface area contributed by atoms with E-state index in [-0.39, 0.29) is 24.5 Å². The van der Waals surface area contributed by atoms with Crippen molar-refractivity contribution >= 4 is 5.91 Å². The number of nitrogens with one attached hydrogen (secondary N) is 1. The van der Waals surface area contributed by atoms with Gasteiger partial charge in [-0.15, -0.1) is 0 Å². The fourth-order valence-electron chi connectivity index (χ4n) is 1.07. The van der Waals surface area contributed by atoms with Gasteiger partial charge in [0.25, 0.3) is 0 Å². The lowest BCUT2D eigenvalue weighted by atomic mass is 10.0. The van der Waals surface area contributed by atoms with Crippen molar-refractivity contribution in [2.24, 2.45) is 5.92 Å². The zero-order valence-corrected chi connectivity index (χ0v) is 8.13. The summed E-state index contributed by atoms with van der Waals surface area (Å²) in [6.45, 7) is 5.79. The molecule has 0 aromatic rings. The van der Waals surface area contributed by atoms with Gasteiger partial charge in [-0.3, -0.25) is 4.79 Å². The molecule has 0 fully saturated rings. The number of carbonyl (C=O) groups is 1. The molecule has 2 N–H and O–H groups in total. The van der Waals surface area contributed by atoms with Gasteiger partial charge in [0, 0.05) is 12.0 Å². The number of rotatable bonds is 5. The van der Waals surface area contributed by atoms with Crippen LogP contribution in [-0.2, 0) is 4.79 Å². The van der Waals surface area contributed by atoms with Crippen LogP contribution in [0.25, 0.3) is 0 Å². The summed E-state index contributed by atoms with van der Waals surface area (Å²) in [4.78, 5) is 11.4. The fourth-order valence-corrected chi connectivity index (χ4v) is 1.07. The molecule has 0 aliphatic heterocycles. The lowest BCUT2D eigenvalue weighted by Crippen LogP contribution is -2.38. The molecule has 0 rings (SSSR count). The molecule has 0 saturated carbocycles. The van der Waals surface area contributed by atoms with Gasteiger partial charge in [0.1, 0.15) is 0 Å². The number of amides is 1. The average Bonchev–Trinajstić information content (AvgIpc) is 2.06. The van der Waals surface area contributed by atoms with E-state index in [1.54, 1.807) is 6.92 Å². The smallest absolute Gasteiger partial charge is 0.223 e. The summed E-state index contributed by atoms with van der Waals surface area (Å²) in [6, 6.07) is -0.127. The molecule has 0 aromatic heterocycles. The second kappa shape index (κ2) is 6.00. The van der Waals surface area contributed by atoms with Gasteiger partial charge in [0.15, 0.2) is 0 Å². The van der Waals surface area contributed by atoms with Crippen molar-refractivity contribution in [3.8, 4) is 0 Å². The SMILES string of the molecule is CCC(CC)C(=O)N[C@H](C)CO. The van der Waals surface area contributed by atoms with E-state index in [0.29, 0.717) is 0 Å². The topological polar surface area (TPSA) is 49.3 Å². The molecular formula is C9H19NO2. The van der Waals surface area contributed by atoms with Crippen LogP contribution < -0.4 is 5.32 Å². The van der Waals surface area contributed by atoms with Gasteiger partial charge in [-0.1, -0.05) is 13.8 Å². The highest BCUT2D eigenvalue weighted by atomic mass is 16.3. The highest BCUT2D eigenvalue weighted by molar-refractivity contribution is 5.78. The Labute approximate surface area is 74.2 Å². The Kier molecular flexibility index (Phi) is 5.72. The standard InChI is InChI=1S/C9H19NO2/c1-4-8(5-2)9(12)10-7(3)6-11/h7-8,11H,4-6H2,1-3H3,(H,10,12)/t7-/m1/s1. The monoisotopic (exact) mass is 173 g/mol. The van der Waals surface area contributed by atoms with Gasteiger partial charge in [0.2, 0.25) is 5.91 Å². The third-order valence-corrected chi connectivity index (χ3v) is 2.02. The van der Waals surface area contributed by atoms with Crippen LogP contribution in [0.3, 0.4) is 0 Å². The molecular weight excluding hydrogens is 154 g/mol. The first-order valence-electron chi connectivity index (χ1n) is 4.56. The largest absolute Gasteiger partial charge is 0.394 e. The summed E-state index contributed by atoms with van der Waals surface area (Å²) in [5, 5.41) is 11.4. The first-order chi connectivity index (χ1) is 5.65. The molecule has 0 unspecified atom stereocenters. The van der Waals surface area contributed by atoms with Crippen LogP contribution in [0.2, 0.25) is 0 Å². The summed E-state index contributed by atoms with van der Waals surface area (Å²) in [5.41, 5.74) is 0. The molecule has 0 aromatic carbocycles. The Morgan fingerprint density at radius 2 is 1.92 bits per heavy atom. The number of hydrogen-bond donors (Lipinski definition) is 2. The lowest BCUT2D eigenvalue weighted by Gasteiger charge is -2.16. The highest BCUT2D eigenvalue weighted by Crippen LogP contribution is 2.07. The molecule has 0 aliphatic rings. The Hall–Kier alpha value is -0.570. The minimum atomic E-state index is -0.127. The predicted molar refractivity (Wildman–Crippen MR) is 48.8 cm³/mol.